The van der Waals surface area contributed by atoms with E-state index in [4.69, 9.17) is 0 Å². The van der Waals surface area contributed by atoms with Gasteiger partial charge in [0, 0.05) is 11.7 Å². The van der Waals surface area contributed by atoms with E-state index in [1.165, 1.54) is 42.5 Å². The number of halogens is 1. The second kappa shape index (κ2) is 6.53. The van der Waals surface area contributed by atoms with Crippen molar-refractivity contribution in [3.05, 3.63) is 64.5 Å². The predicted molar refractivity (Wildman–Crippen MR) is 91.5 cm³/mol. The minimum Gasteiger partial charge on any atom is -0.378 e. The first-order valence-corrected chi connectivity index (χ1v) is 8.24. The number of hydrogen-bond acceptors (Lipinski definition) is 2. The molecule has 1 unspecified atom stereocenters. The van der Waals surface area contributed by atoms with E-state index in [2.05, 4.69) is 23.5 Å². The van der Waals surface area contributed by atoms with Gasteiger partial charge in [-0.05, 0) is 68.4 Å². The molecule has 0 saturated heterocycles. The third-order valence-corrected chi connectivity index (χ3v) is 4.61. The molecule has 3 rings (SSSR count). The van der Waals surface area contributed by atoms with Gasteiger partial charge in [-0.2, -0.15) is 0 Å². The zero-order valence-electron chi connectivity index (χ0n) is 13.7. The van der Waals surface area contributed by atoms with Gasteiger partial charge >= 0.3 is 0 Å². The van der Waals surface area contributed by atoms with Crippen molar-refractivity contribution in [3.63, 3.8) is 0 Å². The van der Waals surface area contributed by atoms with Crippen molar-refractivity contribution >= 4 is 11.5 Å². The summed E-state index contributed by atoms with van der Waals surface area (Å²) in [4.78, 5) is 11.7. The molecule has 120 valence electrons. The van der Waals surface area contributed by atoms with E-state index in [1.54, 1.807) is 12.1 Å². The molecule has 2 nitrogen and oxygen atoms in total. The van der Waals surface area contributed by atoms with Gasteiger partial charge in [-0.25, -0.2) is 4.39 Å². The van der Waals surface area contributed by atoms with E-state index < -0.39 is 5.82 Å². The molecule has 3 heteroatoms. The Morgan fingerprint density at radius 2 is 1.87 bits per heavy atom. The van der Waals surface area contributed by atoms with E-state index in [-0.39, 0.29) is 17.4 Å². The number of rotatable bonds is 4. The van der Waals surface area contributed by atoms with Crippen molar-refractivity contribution in [2.45, 2.75) is 45.6 Å². The van der Waals surface area contributed by atoms with Gasteiger partial charge in [0.05, 0.1) is 5.56 Å². The fraction of sp³-hybridized carbons (Fsp3) is 0.350. The molecule has 0 heterocycles. The van der Waals surface area contributed by atoms with Crippen LogP contribution in [0.3, 0.4) is 0 Å². The maximum absolute atomic E-state index is 13.9. The Balaban J connectivity index is 1.86. The smallest absolute Gasteiger partial charge is 0.164 e. The molecular formula is C20H22FNO. The van der Waals surface area contributed by atoms with Crippen LogP contribution in [-0.4, -0.2) is 5.78 Å². The molecule has 0 aliphatic heterocycles. The molecule has 2 aromatic rings. The quantitative estimate of drug-likeness (QED) is 0.798. The van der Waals surface area contributed by atoms with Crippen molar-refractivity contribution in [1.82, 2.24) is 0 Å². The van der Waals surface area contributed by atoms with Crippen LogP contribution < -0.4 is 5.32 Å². The summed E-state index contributed by atoms with van der Waals surface area (Å²) in [5, 5.41) is 3.29. The lowest BCUT2D eigenvalue weighted by Crippen LogP contribution is -2.12. The first kappa shape index (κ1) is 15.7. The molecule has 0 radical (unpaired) electrons. The topological polar surface area (TPSA) is 29.1 Å². The third kappa shape index (κ3) is 3.29. The summed E-state index contributed by atoms with van der Waals surface area (Å²) in [6.07, 6.45) is 4.81. The van der Waals surface area contributed by atoms with Crippen LogP contribution in [0.25, 0.3) is 0 Å². The Labute approximate surface area is 136 Å². The Kier molecular flexibility index (Phi) is 4.46. The number of nitrogens with one attached hydrogen (secondary N) is 1. The number of aryl methyl sites for hydroxylation is 2. The molecule has 2 aromatic carbocycles. The van der Waals surface area contributed by atoms with Crippen LogP contribution in [0.5, 0.6) is 0 Å². The number of ketones is 1. The van der Waals surface area contributed by atoms with Gasteiger partial charge in [-0.15, -0.1) is 0 Å². The van der Waals surface area contributed by atoms with Gasteiger partial charge in [-0.3, -0.25) is 4.79 Å². The van der Waals surface area contributed by atoms with Gasteiger partial charge in [0.2, 0.25) is 0 Å². The number of anilines is 1. The molecule has 0 amide bonds. The molecule has 1 aliphatic rings. The van der Waals surface area contributed by atoms with Crippen LogP contribution in [0.1, 0.15) is 59.8 Å². The largest absolute Gasteiger partial charge is 0.378 e. The first-order chi connectivity index (χ1) is 11.1. The number of Topliss-reactive ketones (excluding diaryl/α,β-unsaturated/α-hetero) is 1. The number of carbonyl (C=O) groups excluding carboxylic acids is 1. The fourth-order valence-electron chi connectivity index (χ4n) is 3.34. The van der Waals surface area contributed by atoms with E-state index >= 15 is 0 Å². The molecule has 1 atom stereocenters. The molecule has 0 saturated carbocycles. The SMILES string of the molecule is CC(=O)c1c(F)cccc1NC(C)c1ccc2c(c1)CCCC2. The van der Waals surface area contributed by atoms with E-state index in [0.717, 1.165) is 12.8 Å². The van der Waals surface area contributed by atoms with Crippen LogP contribution in [-0.2, 0) is 12.8 Å². The fourth-order valence-corrected chi connectivity index (χ4v) is 3.34. The summed E-state index contributed by atoms with van der Waals surface area (Å²) in [5.74, 6) is -0.733. The highest BCUT2D eigenvalue weighted by Gasteiger charge is 2.16. The molecule has 23 heavy (non-hydrogen) atoms. The van der Waals surface area contributed by atoms with Crippen LogP contribution in [0.4, 0.5) is 10.1 Å². The minimum absolute atomic E-state index is 0.0159. The number of hydrogen-bond donors (Lipinski definition) is 1. The monoisotopic (exact) mass is 311 g/mol. The van der Waals surface area contributed by atoms with Crippen molar-refractivity contribution < 1.29 is 9.18 Å². The lowest BCUT2D eigenvalue weighted by atomic mass is 9.89. The standard InChI is InChI=1S/C20H22FNO/c1-13(16-11-10-15-6-3-4-7-17(15)12-16)22-19-9-5-8-18(21)20(19)14(2)23/h5,8-13,22H,3-4,6-7H2,1-2H3. The Bertz CT molecular complexity index is 738. The zero-order chi connectivity index (χ0) is 16.4. The molecule has 0 spiro atoms. The summed E-state index contributed by atoms with van der Waals surface area (Å²) in [6, 6.07) is 11.3. The van der Waals surface area contributed by atoms with Gasteiger partial charge in [0.25, 0.3) is 0 Å². The average Bonchev–Trinajstić information content (AvgIpc) is 2.54. The molecule has 0 bridgehead atoms. The molecule has 1 N–H and O–H groups in total. The van der Waals surface area contributed by atoms with Crippen LogP contribution >= 0.6 is 0 Å². The molecule has 1 aliphatic carbocycles. The Morgan fingerprint density at radius 1 is 1.13 bits per heavy atom. The van der Waals surface area contributed by atoms with Crippen LogP contribution in [0.15, 0.2) is 36.4 Å². The van der Waals surface area contributed by atoms with Crippen LogP contribution in [0.2, 0.25) is 0 Å². The van der Waals surface area contributed by atoms with E-state index in [9.17, 15) is 9.18 Å². The maximum Gasteiger partial charge on any atom is 0.164 e. The minimum atomic E-state index is -0.472. The van der Waals surface area contributed by atoms with Crippen molar-refractivity contribution in [2.75, 3.05) is 5.32 Å². The summed E-state index contributed by atoms with van der Waals surface area (Å²) in [6.45, 7) is 3.44. The molecule has 0 fully saturated rings. The summed E-state index contributed by atoms with van der Waals surface area (Å²) < 4.78 is 13.9. The lowest BCUT2D eigenvalue weighted by molar-refractivity contribution is 0.101. The number of fused-ring (bicyclic) bond motifs is 1. The normalized spacial score (nSPS) is 14.9. The number of benzene rings is 2. The highest BCUT2D eigenvalue weighted by atomic mass is 19.1. The lowest BCUT2D eigenvalue weighted by Gasteiger charge is -2.21. The van der Waals surface area contributed by atoms with Crippen molar-refractivity contribution in [2.24, 2.45) is 0 Å². The van der Waals surface area contributed by atoms with E-state index in [1.807, 2.05) is 6.92 Å². The first-order valence-electron chi connectivity index (χ1n) is 8.24. The summed E-state index contributed by atoms with van der Waals surface area (Å²) in [5.41, 5.74) is 4.74. The predicted octanol–water partition coefficient (Wildman–Crippen LogP) is 5.08. The molecule has 0 aromatic heterocycles. The Morgan fingerprint density at radius 3 is 2.61 bits per heavy atom. The second-order valence-electron chi connectivity index (χ2n) is 6.32. The van der Waals surface area contributed by atoms with Crippen LogP contribution in [0, 0.1) is 5.82 Å². The molecular weight excluding hydrogens is 289 g/mol. The van der Waals surface area contributed by atoms with Crippen molar-refractivity contribution in [3.8, 4) is 0 Å². The highest BCUT2D eigenvalue weighted by Crippen LogP contribution is 2.28. The highest BCUT2D eigenvalue weighted by molar-refractivity contribution is 5.99. The van der Waals surface area contributed by atoms with E-state index in [0.29, 0.717) is 5.69 Å². The number of carbonyl (C=O) groups is 1. The second-order valence-corrected chi connectivity index (χ2v) is 6.32. The zero-order valence-corrected chi connectivity index (χ0v) is 13.7. The summed E-state index contributed by atoms with van der Waals surface area (Å²) in [7, 11) is 0. The average molecular weight is 311 g/mol. The van der Waals surface area contributed by atoms with Gasteiger partial charge in [0.15, 0.2) is 5.78 Å². The van der Waals surface area contributed by atoms with Gasteiger partial charge in [0.1, 0.15) is 5.82 Å². The van der Waals surface area contributed by atoms with Crippen molar-refractivity contribution in [1.29, 1.82) is 0 Å². The van der Waals surface area contributed by atoms with Gasteiger partial charge < -0.3 is 5.32 Å². The summed E-state index contributed by atoms with van der Waals surface area (Å²) >= 11 is 0. The Hall–Kier alpha value is -2.16. The third-order valence-electron chi connectivity index (χ3n) is 4.61. The van der Waals surface area contributed by atoms with Gasteiger partial charge in [-0.1, -0.05) is 24.3 Å². The maximum atomic E-state index is 13.9.